The standard InChI is InChI=1S/C9H20N2O3S/c1-4-7(2)11-9(12)8(3)15(13,14)6-5-10/h7-8H,4-6,10H2,1-3H3,(H,11,12). The number of nitrogens with one attached hydrogen (secondary N) is 1. The molecule has 0 spiro atoms. The molecule has 15 heavy (non-hydrogen) atoms. The van der Waals surface area contributed by atoms with Crippen LogP contribution in [0.2, 0.25) is 0 Å². The van der Waals surface area contributed by atoms with Crippen molar-refractivity contribution in [3.63, 3.8) is 0 Å². The molecular formula is C9H20N2O3S. The van der Waals surface area contributed by atoms with Crippen LogP contribution in [0.3, 0.4) is 0 Å². The molecule has 0 fully saturated rings. The summed E-state index contributed by atoms with van der Waals surface area (Å²) in [6.07, 6.45) is 0.773. The average molecular weight is 236 g/mol. The first-order valence-electron chi connectivity index (χ1n) is 5.07. The van der Waals surface area contributed by atoms with E-state index in [1.165, 1.54) is 6.92 Å². The first-order valence-corrected chi connectivity index (χ1v) is 6.78. The molecule has 0 radical (unpaired) electrons. The minimum Gasteiger partial charge on any atom is -0.353 e. The normalized spacial score (nSPS) is 15.7. The third-order valence-electron chi connectivity index (χ3n) is 2.31. The van der Waals surface area contributed by atoms with Gasteiger partial charge in [-0.1, -0.05) is 6.92 Å². The van der Waals surface area contributed by atoms with Crippen LogP contribution in [-0.4, -0.2) is 37.9 Å². The molecule has 0 aromatic rings. The molecule has 0 saturated heterocycles. The Bertz CT molecular complexity index is 300. The third kappa shape index (κ3) is 4.61. The van der Waals surface area contributed by atoms with Crippen molar-refractivity contribution in [3.05, 3.63) is 0 Å². The molecule has 90 valence electrons. The highest BCUT2D eigenvalue weighted by atomic mass is 32.2. The Kier molecular flexibility index (Phi) is 5.82. The lowest BCUT2D eigenvalue weighted by Gasteiger charge is -2.16. The van der Waals surface area contributed by atoms with Crippen LogP contribution in [0.4, 0.5) is 0 Å². The molecule has 3 N–H and O–H groups in total. The summed E-state index contributed by atoms with van der Waals surface area (Å²) in [4.78, 5) is 11.5. The van der Waals surface area contributed by atoms with Gasteiger partial charge in [0.25, 0.3) is 0 Å². The molecule has 0 aliphatic carbocycles. The molecule has 0 aliphatic rings. The number of carbonyl (C=O) groups is 1. The van der Waals surface area contributed by atoms with E-state index in [9.17, 15) is 13.2 Å². The van der Waals surface area contributed by atoms with Gasteiger partial charge in [0.05, 0.1) is 5.75 Å². The van der Waals surface area contributed by atoms with Gasteiger partial charge in [-0.3, -0.25) is 4.79 Å². The summed E-state index contributed by atoms with van der Waals surface area (Å²) < 4.78 is 23.0. The number of hydrogen-bond acceptors (Lipinski definition) is 4. The Labute approximate surface area is 91.3 Å². The van der Waals surface area contributed by atoms with Gasteiger partial charge in [-0.2, -0.15) is 0 Å². The lowest BCUT2D eigenvalue weighted by molar-refractivity contribution is -0.121. The molecule has 2 unspecified atom stereocenters. The highest BCUT2D eigenvalue weighted by Crippen LogP contribution is 2.02. The molecule has 0 heterocycles. The lowest BCUT2D eigenvalue weighted by atomic mass is 10.2. The van der Waals surface area contributed by atoms with Crippen LogP contribution in [0, 0.1) is 0 Å². The van der Waals surface area contributed by atoms with E-state index in [1.807, 2.05) is 13.8 Å². The quantitative estimate of drug-likeness (QED) is 0.660. The second-order valence-corrected chi connectivity index (χ2v) is 6.06. The molecule has 0 rings (SSSR count). The highest BCUT2D eigenvalue weighted by molar-refractivity contribution is 7.92. The minimum absolute atomic E-state index is 0.00646. The maximum Gasteiger partial charge on any atom is 0.238 e. The van der Waals surface area contributed by atoms with Crippen molar-refractivity contribution in [3.8, 4) is 0 Å². The topological polar surface area (TPSA) is 89.3 Å². The van der Waals surface area contributed by atoms with Crippen LogP contribution in [0.15, 0.2) is 0 Å². The van der Waals surface area contributed by atoms with Gasteiger partial charge in [-0.15, -0.1) is 0 Å². The molecule has 0 bridgehead atoms. The Morgan fingerprint density at radius 3 is 2.33 bits per heavy atom. The van der Waals surface area contributed by atoms with Gasteiger partial charge in [0.2, 0.25) is 5.91 Å². The van der Waals surface area contributed by atoms with Gasteiger partial charge in [-0.05, 0) is 20.3 Å². The number of rotatable bonds is 6. The first-order chi connectivity index (χ1) is 6.85. The predicted octanol–water partition coefficient (Wildman–Crippen LogP) is -0.337. The molecule has 0 saturated carbocycles. The maximum atomic E-state index is 11.5. The number of sulfone groups is 1. The molecule has 0 aromatic heterocycles. The zero-order valence-corrected chi connectivity index (χ0v) is 10.3. The molecular weight excluding hydrogens is 216 g/mol. The number of nitrogens with two attached hydrogens (primary N) is 1. The van der Waals surface area contributed by atoms with E-state index in [1.54, 1.807) is 0 Å². The van der Waals surface area contributed by atoms with Crippen LogP contribution in [0.1, 0.15) is 27.2 Å². The van der Waals surface area contributed by atoms with Crippen molar-refractivity contribution in [2.75, 3.05) is 12.3 Å². The molecule has 2 atom stereocenters. The van der Waals surface area contributed by atoms with Crippen molar-refractivity contribution in [2.45, 2.75) is 38.5 Å². The highest BCUT2D eigenvalue weighted by Gasteiger charge is 2.27. The summed E-state index contributed by atoms with van der Waals surface area (Å²) in [5.74, 6) is -0.597. The summed E-state index contributed by atoms with van der Waals surface area (Å²) in [5, 5.41) is 1.62. The Balaban J connectivity index is 4.44. The van der Waals surface area contributed by atoms with Gasteiger partial charge in [-0.25, -0.2) is 8.42 Å². The molecule has 0 aromatic carbocycles. The molecule has 0 aliphatic heterocycles. The second kappa shape index (κ2) is 6.07. The summed E-state index contributed by atoms with van der Waals surface area (Å²) in [5.41, 5.74) is 5.17. The zero-order chi connectivity index (χ0) is 12.1. The monoisotopic (exact) mass is 236 g/mol. The summed E-state index contributed by atoms with van der Waals surface area (Å²) in [6, 6.07) is -0.00646. The van der Waals surface area contributed by atoms with E-state index in [0.717, 1.165) is 6.42 Å². The smallest absolute Gasteiger partial charge is 0.238 e. The van der Waals surface area contributed by atoms with Gasteiger partial charge in [0, 0.05) is 12.6 Å². The lowest BCUT2D eigenvalue weighted by Crippen LogP contribution is -2.43. The Hall–Kier alpha value is -0.620. The van der Waals surface area contributed by atoms with Crippen molar-refractivity contribution in [2.24, 2.45) is 5.73 Å². The van der Waals surface area contributed by atoms with E-state index in [0.29, 0.717) is 0 Å². The third-order valence-corrected chi connectivity index (χ3v) is 4.41. The van der Waals surface area contributed by atoms with Gasteiger partial charge < -0.3 is 11.1 Å². The fourth-order valence-electron chi connectivity index (χ4n) is 0.966. The van der Waals surface area contributed by atoms with E-state index in [-0.39, 0.29) is 18.3 Å². The number of carbonyl (C=O) groups excluding carboxylic acids is 1. The summed E-state index contributed by atoms with van der Waals surface area (Å²) in [7, 11) is -3.40. The SMILES string of the molecule is CCC(C)NC(=O)C(C)S(=O)(=O)CCN. The fourth-order valence-corrected chi connectivity index (χ4v) is 2.04. The molecule has 5 nitrogen and oxygen atoms in total. The number of amides is 1. The Morgan fingerprint density at radius 1 is 1.40 bits per heavy atom. The fraction of sp³-hybridized carbons (Fsp3) is 0.889. The van der Waals surface area contributed by atoms with Crippen molar-refractivity contribution < 1.29 is 13.2 Å². The maximum absolute atomic E-state index is 11.5. The summed E-state index contributed by atoms with van der Waals surface area (Å²) >= 11 is 0. The Morgan fingerprint density at radius 2 is 1.93 bits per heavy atom. The van der Waals surface area contributed by atoms with Gasteiger partial charge in [0.1, 0.15) is 5.25 Å². The van der Waals surface area contributed by atoms with Crippen LogP contribution < -0.4 is 11.1 Å². The molecule has 1 amide bonds. The largest absolute Gasteiger partial charge is 0.353 e. The van der Waals surface area contributed by atoms with Crippen molar-refractivity contribution in [1.82, 2.24) is 5.32 Å². The zero-order valence-electron chi connectivity index (χ0n) is 9.49. The average Bonchev–Trinajstić information content (AvgIpc) is 2.16. The van der Waals surface area contributed by atoms with E-state index >= 15 is 0 Å². The van der Waals surface area contributed by atoms with Gasteiger partial charge in [0.15, 0.2) is 9.84 Å². The minimum atomic E-state index is -3.40. The van der Waals surface area contributed by atoms with Gasteiger partial charge >= 0.3 is 0 Å². The first kappa shape index (κ1) is 14.4. The van der Waals surface area contributed by atoms with E-state index in [2.05, 4.69) is 5.32 Å². The predicted molar refractivity (Wildman–Crippen MR) is 60.2 cm³/mol. The van der Waals surface area contributed by atoms with E-state index in [4.69, 9.17) is 5.73 Å². The van der Waals surface area contributed by atoms with Crippen molar-refractivity contribution in [1.29, 1.82) is 0 Å². The summed E-state index contributed by atoms with van der Waals surface area (Å²) in [6.45, 7) is 5.19. The van der Waals surface area contributed by atoms with Crippen LogP contribution in [0.5, 0.6) is 0 Å². The van der Waals surface area contributed by atoms with Crippen LogP contribution in [0.25, 0.3) is 0 Å². The van der Waals surface area contributed by atoms with Crippen LogP contribution in [-0.2, 0) is 14.6 Å². The van der Waals surface area contributed by atoms with E-state index < -0.39 is 21.0 Å². The second-order valence-electron chi connectivity index (χ2n) is 3.62. The van der Waals surface area contributed by atoms with Crippen LogP contribution >= 0.6 is 0 Å². The number of hydrogen-bond donors (Lipinski definition) is 2. The van der Waals surface area contributed by atoms with Crippen molar-refractivity contribution >= 4 is 15.7 Å². The molecule has 6 heteroatoms.